The highest BCUT2D eigenvalue weighted by atomic mass is 16.1. The second-order valence-electron chi connectivity index (χ2n) is 8.17. The molecule has 2 heterocycles. The average molecular weight is 396 g/mol. The van der Waals surface area contributed by atoms with Crippen LogP contribution in [0.4, 0.5) is 5.69 Å². The van der Waals surface area contributed by atoms with Crippen molar-refractivity contribution in [3.8, 4) is 5.69 Å². The van der Waals surface area contributed by atoms with Crippen molar-refractivity contribution in [2.24, 2.45) is 0 Å². The van der Waals surface area contributed by atoms with E-state index in [9.17, 15) is 4.79 Å². The Morgan fingerprint density at radius 3 is 2.50 bits per heavy atom. The largest absolute Gasteiger partial charge is 0.322 e. The molecular weight excluding hydrogens is 372 g/mol. The summed E-state index contributed by atoms with van der Waals surface area (Å²) in [5.74, 6) is 0.313. The lowest BCUT2D eigenvalue weighted by Gasteiger charge is -2.12. The van der Waals surface area contributed by atoms with E-state index >= 15 is 0 Å². The summed E-state index contributed by atoms with van der Waals surface area (Å²) in [5, 5.41) is 8.65. The molecule has 5 heteroatoms. The number of fused-ring (bicyclic) bond motifs is 1. The molecule has 1 aliphatic carbocycles. The first-order chi connectivity index (χ1) is 14.5. The van der Waals surface area contributed by atoms with Gasteiger partial charge in [-0.2, -0.15) is 5.10 Å². The SMILES string of the molecule is Cc1ccc(NC(=O)c2cc(C3CC3)nc3c2c(C)nn3-c2ccccc2)c(C)c1. The van der Waals surface area contributed by atoms with E-state index in [1.54, 1.807) is 0 Å². The molecule has 0 radical (unpaired) electrons. The molecule has 2 aromatic heterocycles. The molecule has 2 aromatic carbocycles. The number of aromatic nitrogens is 3. The summed E-state index contributed by atoms with van der Waals surface area (Å²) in [6.07, 6.45) is 2.24. The molecule has 0 unspecified atom stereocenters. The Morgan fingerprint density at radius 1 is 1.03 bits per heavy atom. The molecule has 0 saturated heterocycles. The Balaban J connectivity index is 1.65. The fourth-order valence-corrected chi connectivity index (χ4v) is 3.97. The number of rotatable bonds is 4. The Labute approximate surface area is 175 Å². The van der Waals surface area contributed by atoms with E-state index in [1.807, 2.05) is 74.0 Å². The van der Waals surface area contributed by atoms with Gasteiger partial charge in [-0.05, 0) is 63.4 Å². The first-order valence-corrected chi connectivity index (χ1v) is 10.4. The van der Waals surface area contributed by atoms with Crippen LogP contribution in [0, 0.1) is 20.8 Å². The highest BCUT2D eigenvalue weighted by Gasteiger charge is 2.29. The lowest BCUT2D eigenvalue weighted by atomic mass is 10.1. The van der Waals surface area contributed by atoms with Crippen LogP contribution < -0.4 is 5.32 Å². The molecule has 1 saturated carbocycles. The van der Waals surface area contributed by atoms with Crippen molar-refractivity contribution < 1.29 is 4.79 Å². The van der Waals surface area contributed by atoms with Gasteiger partial charge in [-0.15, -0.1) is 0 Å². The van der Waals surface area contributed by atoms with Crippen LogP contribution in [0.5, 0.6) is 0 Å². The minimum atomic E-state index is -0.119. The number of amides is 1. The van der Waals surface area contributed by atoms with Gasteiger partial charge in [0.15, 0.2) is 5.65 Å². The van der Waals surface area contributed by atoms with E-state index in [2.05, 4.69) is 11.4 Å². The number of para-hydroxylation sites is 1. The van der Waals surface area contributed by atoms with Gasteiger partial charge in [0.25, 0.3) is 5.91 Å². The Kier molecular flexibility index (Phi) is 4.39. The van der Waals surface area contributed by atoms with Gasteiger partial charge in [0, 0.05) is 17.3 Å². The maximum atomic E-state index is 13.4. The molecule has 0 atom stereocenters. The van der Waals surface area contributed by atoms with Gasteiger partial charge in [0.1, 0.15) is 0 Å². The Bertz CT molecular complexity index is 1270. The third-order valence-electron chi connectivity index (χ3n) is 5.70. The monoisotopic (exact) mass is 396 g/mol. The van der Waals surface area contributed by atoms with Crippen LogP contribution >= 0.6 is 0 Å². The summed E-state index contributed by atoms with van der Waals surface area (Å²) in [7, 11) is 0. The third-order valence-corrected chi connectivity index (χ3v) is 5.70. The fraction of sp³-hybridized carbons (Fsp3) is 0.240. The molecular formula is C25H24N4O. The van der Waals surface area contributed by atoms with Crippen molar-refractivity contribution in [1.29, 1.82) is 0 Å². The number of anilines is 1. The lowest BCUT2D eigenvalue weighted by Crippen LogP contribution is -2.14. The fourth-order valence-electron chi connectivity index (χ4n) is 3.97. The zero-order valence-corrected chi connectivity index (χ0v) is 17.4. The summed E-state index contributed by atoms with van der Waals surface area (Å²) in [4.78, 5) is 18.3. The molecule has 30 heavy (non-hydrogen) atoms. The van der Waals surface area contributed by atoms with Gasteiger partial charge in [-0.1, -0.05) is 35.9 Å². The van der Waals surface area contributed by atoms with Crippen LogP contribution in [-0.4, -0.2) is 20.7 Å². The maximum absolute atomic E-state index is 13.4. The molecule has 1 amide bonds. The minimum Gasteiger partial charge on any atom is -0.322 e. The van der Waals surface area contributed by atoms with Crippen LogP contribution in [0.3, 0.4) is 0 Å². The molecule has 1 fully saturated rings. The Morgan fingerprint density at radius 2 is 1.80 bits per heavy atom. The van der Waals surface area contributed by atoms with Crippen molar-refractivity contribution in [1.82, 2.24) is 14.8 Å². The molecule has 5 nitrogen and oxygen atoms in total. The zero-order valence-electron chi connectivity index (χ0n) is 17.4. The van der Waals surface area contributed by atoms with Crippen molar-refractivity contribution in [3.05, 3.63) is 82.7 Å². The third kappa shape index (κ3) is 3.26. The molecule has 1 aliphatic rings. The summed E-state index contributed by atoms with van der Waals surface area (Å²) < 4.78 is 1.85. The van der Waals surface area contributed by atoms with E-state index in [4.69, 9.17) is 10.1 Å². The van der Waals surface area contributed by atoms with Crippen LogP contribution in [0.2, 0.25) is 0 Å². The molecule has 5 rings (SSSR count). The van der Waals surface area contributed by atoms with E-state index in [0.29, 0.717) is 11.5 Å². The smallest absolute Gasteiger partial charge is 0.256 e. The summed E-state index contributed by atoms with van der Waals surface area (Å²) in [6, 6.07) is 18.0. The number of carbonyl (C=O) groups excluding carboxylic acids is 1. The van der Waals surface area contributed by atoms with Crippen molar-refractivity contribution in [2.45, 2.75) is 39.5 Å². The van der Waals surface area contributed by atoms with Crippen molar-refractivity contribution in [3.63, 3.8) is 0 Å². The predicted octanol–water partition coefficient (Wildman–Crippen LogP) is 5.48. The quantitative estimate of drug-likeness (QED) is 0.497. The molecule has 0 aliphatic heterocycles. The van der Waals surface area contributed by atoms with Crippen LogP contribution in [0.25, 0.3) is 16.7 Å². The maximum Gasteiger partial charge on any atom is 0.256 e. The van der Waals surface area contributed by atoms with Gasteiger partial charge in [-0.25, -0.2) is 9.67 Å². The van der Waals surface area contributed by atoms with Crippen molar-refractivity contribution >= 4 is 22.6 Å². The zero-order chi connectivity index (χ0) is 20.8. The average Bonchev–Trinajstić information content (AvgIpc) is 3.54. The van der Waals surface area contributed by atoms with E-state index < -0.39 is 0 Å². The normalized spacial score (nSPS) is 13.6. The number of pyridine rings is 1. The molecule has 0 bridgehead atoms. The molecule has 150 valence electrons. The van der Waals surface area contributed by atoms with Gasteiger partial charge in [-0.3, -0.25) is 4.79 Å². The number of hydrogen-bond donors (Lipinski definition) is 1. The second kappa shape index (κ2) is 7.10. The number of carbonyl (C=O) groups is 1. The number of benzene rings is 2. The van der Waals surface area contributed by atoms with Gasteiger partial charge in [0.05, 0.1) is 22.3 Å². The number of aryl methyl sites for hydroxylation is 3. The number of hydrogen-bond acceptors (Lipinski definition) is 3. The van der Waals surface area contributed by atoms with Crippen LogP contribution in [0.1, 0.15) is 51.6 Å². The van der Waals surface area contributed by atoms with Gasteiger partial charge in [0.2, 0.25) is 0 Å². The van der Waals surface area contributed by atoms with E-state index in [0.717, 1.165) is 52.2 Å². The van der Waals surface area contributed by atoms with E-state index in [1.165, 1.54) is 5.56 Å². The summed E-state index contributed by atoms with van der Waals surface area (Å²) in [6.45, 7) is 6.00. The van der Waals surface area contributed by atoms with E-state index in [-0.39, 0.29) is 5.91 Å². The highest BCUT2D eigenvalue weighted by molar-refractivity contribution is 6.13. The van der Waals surface area contributed by atoms with Gasteiger partial charge < -0.3 is 5.32 Å². The first-order valence-electron chi connectivity index (χ1n) is 10.4. The topological polar surface area (TPSA) is 59.8 Å². The summed E-state index contributed by atoms with van der Waals surface area (Å²) in [5.41, 5.74) is 7.16. The standard InChI is InChI=1S/C25H24N4O/c1-15-9-12-21(16(2)13-15)27-25(30)20-14-22(18-10-11-18)26-24-23(20)17(3)28-29(24)19-7-5-4-6-8-19/h4-9,12-14,18H,10-11H2,1-3H3,(H,27,30). The van der Waals surface area contributed by atoms with Gasteiger partial charge >= 0.3 is 0 Å². The van der Waals surface area contributed by atoms with Crippen molar-refractivity contribution in [2.75, 3.05) is 5.32 Å². The molecule has 0 spiro atoms. The molecule has 4 aromatic rings. The number of nitrogens with zero attached hydrogens (tertiary/aromatic N) is 3. The first kappa shape index (κ1) is 18.6. The van der Waals surface area contributed by atoms with Crippen LogP contribution in [-0.2, 0) is 0 Å². The second-order valence-corrected chi connectivity index (χ2v) is 8.17. The number of nitrogens with one attached hydrogen (secondary N) is 1. The highest BCUT2D eigenvalue weighted by Crippen LogP contribution is 2.41. The molecule has 1 N–H and O–H groups in total. The predicted molar refractivity (Wildman–Crippen MR) is 119 cm³/mol. The minimum absolute atomic E-state index is 0.119. The lowest BCUT2D eigenvalue weighted by molar-refractivity contribution is 0.102. The summed E-state index contributed by atoms with van der Waals surface area (Å²) >= 11 is 0. The van der Waals surface area contributed by atoms with Crippen LogP contribution in [0.15, 0.2) is 54.6 Å². The Hall–Kier alpha value is -3.47.